The molecule has 56 heavy (non-hydrogen) atoms. The minimum absolute atomic E-state index is 0.175. The lowest BCUT2D eigenvalue weighted by atomic mass is 9.92. The highest BCUT2D eigenvalue weighted by Crippen LogP contribution is 2.43. The predicted molar refractivity (Wildman–Crippen MR) is 224 cm³/mol. The minimum Gasteiger partial charge on any atom is -0.478 e. The van der Waals surface area contributed by atoms with E-state index in [4.69, 9.17) is 9.97 Å². The number of rotatable bonds is 14. The number of fused-ring (bicyclic) bond motifs is 8. The summed E-state index contributed by atoms with van der Waals surface area (Å²) in [5.74, 6) is -2.38. The molecule has 0 fully saturated rings. The van der Waals surface area contributed by atoms with Crippen molar-refractivity contribution in [3.05, 3.63) is 118 Å². The summed E-state index contributed by atoms with van der Waals surface area (Å²) in [5, 5.41) is 31.5. The van der Waals surface area contributed by atoms with Gasteiger partial charge in [-0.2, -0.15) is 0 Å². The third-order valence-corrected chi connectivity index (χ3v) is 11.2. The van der Waals surface area contributed by atoms with Gasteiger partial charge in [-0.05, 0) is 103 Å². The van der Waals surface area contributed by atoms with Crippen LogP contribution in [0.3, 0.4) is 0 Å². The number of hydrogen-bond acceptors (Lipinski definition) is 5. The van der Waals surface area contributed by atoms with Crippen LogP contribution in [0.25, 0.3) is 56.5 Å². The standard InChI is InChI=1S/C47H50N4O5/c1-4-6-8-10-12-33-35-22-23-37(48-35)34(13-11-9-7-5-2)44-45(52)28(3)43(51-44)42(30-16-20-32(21-17-30)47(55)56)40-27-26-39(50-40)41(38-25-24-36(33)49-38)29-14-18-31(19-15-29)46(53)54/h14-28,45,48,50,52H,4-13H2,1-3H3,(H,53,54)(H,55,56)/t28-,45?/m1/s1. The number of carbonyl (C=O) groups is 2. The van der Waals surface area contributed by atoms with E-state index in [1.165, 1.54) is 0 Å². The van der Waals surface area contributed by atoms with E-state index in [0.29, 0.717) is 11.4 Å². The summed E-state index contributed by atoms with van der Waals surface area (Å²) in [6.07, 6.45) is 13.6. The molecule has 0 saturated carbocycles. The molecule has 5 aromatic rings. The van der Waals surface area contributed by atoms with E-state index < -0.39 is 18.0 Å². The molecule has 0 spiro atoms. The van der Waals surface area contributed by atoms with E-state index in [0.717, 1.165) is 131 Å². The zero-order valence-electron chi connectivity index (χ0n) is 32.4. The Bertz CT molecular complexity index is 2440. The summed E-state index contributed by atoms with van der Waals surface area (Å²) in [6, 6.07) is 21.8. The van der Waals surface area contributed by atoms with E-state index >= 15 is 0 Å². The van der Waals surface area contributed by atoms with Gasteiger partial charge >= 0.3 is 11.9 Å². The summed E-state index contributed by atoms with van der Waals surface area (Å²) < 4.78 is 0. The van der Waals surface area contributed by atoms with Crippen LogP contribution in [0.4, 0.5) is 0 Å². The molecule has 2 aromatic carbocycles. The maximum Gasteiger partial charge on any atom is 0.335 e. The Labute approximate surface area is 327 Å². The molecular weight excluding hydrogens is 701 g/mol. The van der Waals surface area contributed by atoms with Crippen molar-refractivity contribution in [3.63, 3.8) is 0 Å². The molecule has 8 bridgehead atoms. The number of aromatic nitrogens is 4. The van der Waals surface area contributed by atoms with Gasteiger partial charge in [0.2, 0.25) is 0 Å². The number of H-pyrrole nitrogens is 2. The van der Waals surface area contributed by atoms with Crippen LogP contribution in [0.5, 0.6) is 0 Å². The van der Waals surface area contributed by atoms with Crippen molar-refractivity contribution in [2.45, 2.75) is 97.0 Å². The summed E-state index contributed by atoms with van der Waals surface area (Å²) in [7, 11) is 0. The molecule has 9 heteroatoms. The highest BCUT2D eigenvalue weighted by molar-refractivity contribution is 5.95. The summed E-state index contributed by atoms with van der Waals surface area (Å²) in [6.45, 7) is 6.41. The van der Waals surface area contributed by atoms with Crippen molar-refractivity contribution in [1.29, 1.82) is 0 Å². The zero-order chi connectivity index (χ0) is 39.3. The molecule has 3 aromatic heterocycles. The Kier molecular flexibility index (Phi) is 11.6. The van der Waals surface area contributed by atoms with Gasteiger partial charge < -0.3 is 25.3 Å². The molecule has 2 atom stereocenters. The number of nitrogens with zero attached hydrogens (tertiary/aromatic N) is 2. The van der Waals surface area contributed by atoms with Crippen molar-refractivity contribution in [3.8, 4) is 22.3 Å². The van der Waals surface area contributed by atoms with Crippen molar-refractivity contribution in [2.75, 3.05) is 0 Å². The number of aliphatic hydroxyl groups excluding tert-OH is 1. The van der Waals surface area contributed by atoms with Crippen molar-refractivity contribution in [2.24, 2.45) is 0 Å². The number of unbranched alkanes of at least 4 members (excludes halogenated alkanes) is 6. The molecule has 7 rings (SSSR count). The first kappa shape index (κ1) is 38.5. The van der Waals surface area contributed by atoms with Crippen LogP contribution < -0.4 is 0 Å². The van der Waals surface area contributed by atoms with E-state index in [1.807, 2.05) is 37.3 Å². The Morgan fingerprint density at radius 1 is 0.571 bits per heavy atom. The lowest BCUT2D eigenvalue weighted by Gasteiger charge is -2.14. The van der Waals surface area contributed by atoms with E-state index in [1.54, 1.807) is 36.4 Å². The normalized spacial score (nSPS) is 15.0. The molecule has 9 nitrogen and oxygen atoms in total. The maximum atomic E-state index is 12.1. The molecule has 2 aliphatic heterocycles. The molecule has 288 valence electrons. The number of carboxylic acid groups (broad SMARTS) is 2. The average Bonchev–Trinajstić information content (AvgIpc) is 4.03. The zero-order valence-corrected chi connectivity index (χ0v) is 32.4. The third kappa shape index (κ3) is 7.82. The van der Waals surface area contributed by atoms with Gasteiger partial charge in [-0.1, -0.05) is 83.6 Å². The monoisotopic (exact) mass is 750 g/mol. The van der Waals surface area contributed by atoms with Gasteiger partial charge in [0, 0.05) is 44.7 Å². The second-order valence-corrected chi connectivity index (χ2v) is 15.0. The smallest absolute Gasteiger partial charge is 0.335 e. The lowest BCUT2D eigenvalue weighted by Crippen LogP contribution is -2.04. The number of aryl methyl sites for hydroxylation is 2. The van der Waals surface area contributed by atoms with Crippen molar-refractivity contribution in [1.82, 2.24) is 19.9 Å². The first-order valence-corrected chi connectivity index (χ1v) is 20.0. The van der Waals surface area contributed by atoms with Crippen LogP contribution in [-0.4, -0.2) is 47.2 Å². The van der Waals surface area contributed by atoms with Gasteiger partial charge in [-0.3, -0.25) is 4.98 Å². The number of aromatic amines is 2. The molecule has 2 aliphatic rings. The Balaban J connectivity index is 1.60. The van der Waals surface area contributed by atoms with Crippen LogP contribution in [0.2, 0.25) is 0 Å². The van der Waals surface area contributed by atoms with Gasteiger partial charge in [-0.25, -0.2) is 14.6 Å². The fraction of sp³-hybridized carbons (Fsp3) is 0.319. The van der Waals surface area contributed by atoms with Crippen molar-refractivity contribution >= 4 is 46.2 Å². The van der Waals surface area contributed by atoms with E-state index in [9.17, 15) is 24.9 Å². The second kappa shape index (κ2) is 16.9. The summed E-state index contributed by atoms with van der Waals surface area (Å²) >= 11 is 0. The molecule has 0 saturated heterocycles. The molecule has 0 amide bonds. The number of carboxylic acids is 2. The van der Waals surface area contributed by atoms with Gasteiger partial charge in [0.15, 0.2) is 0 Å². The molecule has 1 unspecified atom stereocenters. The van der Waals surface area contributed by atoms with Crippen LogP contribution in [-0.2, 0) is 12.8 Å². The molecule has 0 aliphatic carbocycles. The quantitative estimate of drug-likeness (QED) is 0.0695. The number of aliphatic hydroxyl groups is 1. The Morgan fingerprint density at radius 3 is 1.62 bits per heavy atom. The van der Waals surface area contributed by atoms with Crippen LogP contribution in [0.1, 0.15) is 139 Å². The lowest BCUT2D eigenvalue weighted by molar-refractivity contribution is 0.0686. The number of nitrogens with one attached hydrogen (secondary N) is 2. The number of hydrogen-bond donors (Lipinski definition) is 5. The van der Waals surface area contributed by atoms with E-state index in [2.05, 4.69) is 42.0 Å². The molecule has 5 heterocycles. The van der Waals surface area contributed by atoms with Crippen LogP contribution in [0, 0.1) is 0 Å². The molecule has 5 N–H and O–H groups in total. The first-order chi connectivity index (χ1) is 27.2. The average molecular weight is 751 g/mol. The Morgan fingerprint density at radius 2 is 1.05 bits per heavy atom. The number of aromatic carboxylic acids is 2. The van der Waals surface area contributed by atoms with Gasteiger partial charge in [0.1, 0.15) is 6.10 Å². The topological polar surface area (TPSA) is 152 Å². The molecule has 0 radical (unpaired) electrons. The maximum absolute atomic E-state index is 12.1. The second-order valence-electron chi connectivity index (χ2n) is 15.0. The van der Waals surface area contributed by atoms with Crippen LogP contribution >= 0.6 is 0 Å². The first-order valence-electron chi connectivity index (χ1n) is 20.0. The fourth-order valence-electron chi connectivity index (χ4n) is 8.02. The fourth-order valence-corrected chi connectivity index (χ4v) is 8.02. The minimum atomic E-state index is -1.01. The van der Waals surface area contributed by atoms with Gasteiger partial charge in [-0.15, -0.1) is 0 Å². The van der Waals surface area contributed by atoms with E-state index in [-0.39, 0.29) is 17.0 Å². The van der Waals surface area contributed by atoms with Gasteiger partial charge in [0.25, 0.3) is 0 Å². The number of benzene rings is 2. The summed E-state index contributed by atoms with van der Waals surface area (Å²) in [5.41, 5.74) is 12.0. The highest BCUT2D eigenvalue weighted by atomic mass is 16.4. The predicted octanol–water partition coefficient (Wildman–Crippen LogP) is 11.3. The Hall–Kier alpha value is -5.80. The molecular formula is C47H50N4O5. The summed E-state index contributed by atoms with van der Waals surface area (Å²) in [4.78, 5) is 41.7. The highest BCUT2D eigenvalue weighted by Gasteiger charge is 2.32. The van der Waals surface area contributed by atoms with Gasteiger partial charge in [0.05, 0.1) is 33.9 Å². The largest absolute Gasteiger partial charge is 0.478 e. The third-order valence-electron chi connectivity index (χ3n) is 11.2. The SMILES string of the molecule is CCCCCCc1c2nc(c(-c3ccc(C(=O)O)cc3)c3ccc([nH]3)c(-c3ccc(C(=O)O)cc3)c3nc(c(CCCCCC)c4ccc1[nH]4)C(O)[C@@H]3C)C=C2. The van der Waals surface area contributed by atoms with Crippen LogP contribution in [0.15, 0.2) is 72.8 Å². The van der Waals surface area contributed by atoms with Crippen molar-refractivity contribution < 1.29 is 24.9 Å².